The molecule has 1 amide bonds. The van der Waals surface area contributed by atoms with Crippen molar-refractivity contribution in [2.75, 3.05) is 0 Å². The fourth-order valence-electron chi connectivity index (χ4n) is 2.17. The molecule has 0 fully saturated rings. The SMILES string of the molecule is CC(C)C[C@@H](NC(=O)Cn1cnc(-c2ccccc2)n1)C(=O)O. The summed E-state index contributed by atoms with van der Waals surface area (Å²) >= 11 is 0. The van der Waals surface area contributed by atoms with Crippen LogP contribution in [0, 0.1) is 5.92 Å². The number of rotatable bonds is 7. The van der Waals surface area contributed by atoms with Crippen molar-refractivity contribution < 1.29 is 14.7 Å². The molecular formula is C16H20N4O3. The van der Waals surface area contributed by atoms with Gasteiger partial charge >= 0.3 is 5.97 Å². The Morgan fingerprint density at radius 1 is 1.26 bits per heavy atom. The topological polar surface area (TPSA) is 97.1 Å². The van der Waals surface area contributed by atoms with Crippen molar-refractivity contribution >= 4 is 11.9 Å². The number of benzene rings is 1. The Balaban J connectivity index is 1.98. The molecular weight excluding hydrogens is 296 g/mol. The molecule has 122 valence electrons. The molecule has 1 heterocycles. The van der Waals surface area contributed by atoms with Gasteiger partial charge in [0, 0.05) is 5.56 Å². The number of carbonyl (C=O) groups excluding carboxylic acids is 1. The third-order valence-corrected chi connectivity index (χ3v) is 3.21. The van der Waals surface area contributed by atoms with Gasteiger partial charge in [0.05, 0.1) is 0 Å². The second kappa shape index (κ2) is 7.53. The van der Waals surface area contributed by atoms with Crippen molar-refractivity contribution in [1.82, 2.24) is 20.1 Å². The largest absolute Gasteiger partial charge is 0.480 e. The molecule has 1 aromatic heterocycles. The first-order chi connectivity index (χ1) is 11.0. The Bertz CT molecular complexity index is 667. The van der Waals surface area contributed by atoms with E-state index in [1.54, 1.807) is 0 Å². The number of nitrogens with one attached hydrogen (secondary N) is 1. The number of carboxylic acids is 1. The first-order valence-electron chi connectivity index (χ1n) is 7.42. The average Bonchev–Trinajstić information content (AvgIpc) is 2.95. The number of nitrogens with zero attached hydrogens (tertiary/aromatic N) is 3. The van der Waals surface area contributed by atoms with Gasteiger partial charge in [0.15, 0.2) is 5.82 Å². The van der Waals surface area contributed by atoms with E-state index in [1.165, 1.54) is 11.0 Å². The van der Waals surface area contributed by atoms with E-state index in [9.17, 15) is 9.59 Å². The number of carbonyl (C=O) groups is 2. The van der Waals surface area contributed by atoms with E-state index in [4.69, 9.17) is 5.11 Å². The third kappa shape index (κ3) is 4.91. The lowest BCUT2D eigenvalue weighted by molar-refractivity contribution is -0.142. The molecule has 0 radical (unpaired) electrons. The minimum Gasteiger partial charge on any atom is -0.480 e. The number of hydrogen-bond donors (Lipinski definition) is 2. The van der Waals surface area contributed by atoms with Crippen LogP contribution in [0.15, 0.2) is 36.7 Å². The first kappa shape index (κ1) is 16.7. The van der Waals surface area contributed by atoms with E-state index in [0.717, 1.165) is 5.56 Å². The number of carboxylic acid groups (broad SMARTS) is 1. The highest BCUT2D eigenvalue weighted by molar-refractivity contribution is 5.83. The lowest BCUT2D eigenvalue weighted by Crippen LogP contribution is -2.43. The smallest absolute Gasteiger partial charge is 0.326 e. The van der Waals surface area contributed by atoms with E-state index in [0.29, 0.717) is 12.2 Å². The van der Waals surface area contributed by atoms with Crippen molar-refractivity contribution in [3.63, 3.8) is 0 Å². The summed E-state index contributed by atoms with van der Waals surface area (Å²) in [5.41, 5.74) is 0.856. The van der Waals surface area contributed by atoms with Crippen LogP contribution in [0.4, 0.5) is 0 Å². The Kier molecular flexibility index (Phi) is 5.46. The molecule has 2 aromatic rings. The summed E-state index contributed by atoms with van der Waals surface area (Å²) in [5.74, 6) is -0.735. The molecule has 23 heavy (non-hydrogen) atoms. The van der Waals surface area contributed by atoms with Crippen LogP contribution in [0.5, 0.6) is 0 Å². The zero-order chi connectivity index (χ0) is 16.8. The van der Waals surface area contributed by atoms with Crippen LogP contribution in [0.25, 0.3) is 11.4 Å². The van der Waals surface area contributed by atoms with Crippen LogP contribution in [0.1, 0.15) is 20.3 Å². The molecule has 1 aromatic carbocycles. The summed E-state index contributed by atoms with van der Waals surface area (Å²) in [6, 6.07) is 8.53. The van der Waals surface area contributed by atoms with Gasteiger partial charge in [-0.15, -0.1) is 0 Å². The maximum atomic E-state index is 12.0. The minimum absolute atomic E-state index is 0.0677. The summed E-state index contributed by atoms with van der Waals surface area (Å²) in [6.45, 7) is 3.75. The van der Waals surface area contributed by atoms with Gasteiger partial charge in [-0.05, 0) is 12.3 Å². The molecule has 0 aliphatic rings. The van der Waals surface area contributed by atoms with Gasteiger partial charge in [-0.2, -0.15) is 5.10 Å². The lowest BCUT2D eigenvalue weighted by atomic mass is 10.0. The molecule has 0 aliphatic heterocycles. The van der Waals surface area contributed by atoms with E-state index in [-0.39, 0.29) is 12.5 Å². The predicted molar refractivity (Wildman–Crippen MR) is 84.5 cm³/mol. The van der Waals surface area contributed by atoms with Gasteiger partial charge in [0.1, 0.15) is 18.9 Å². The van der Waals surface area contributed by atoms with Crippen molar-refractivity contribution in [3.8, 4) is 11.4 Å². The van der Waals surface area contributed by atoms with Gasteiger partial charge in [-0.25, -0.2) is 14.5 Å². The molecule has 0 spiro atoms. The second-order valence-electron chi connectivity index (χ2n) is 5.72. The van der Waals surface area contributed by atoms with E-state index in [2.05, 4.69) is 15.4 Å². The zero-order valence-electron chi connectivity index (χ0n) is 13.1. The number of aromatic nitrogens is 3. The van der Waals surface area contributed by atoms with Crippen molar-refractivity contribution in [3.05, 3.63) is 36.7 Å². The molecule has 0 aliphatic carbocycles. The van der Waals surface area contributed by atoms with Crippen molar-refractivity contribution in [2.24, 2.45) is 5.92 Å². The maximum Gasteiger partial charge on any atom is 0.326 e. The fraction of sp³-hybridized carbons (Fsp3) is 0.375. The van der Waals surface area contributed by atoms with Crippen LogP contribution in [-0.2, 0) is 16.1 Å². The van der Waals surface area contributed by atoms with Crippen LogP contribution < -0.4 is 5.32 Å². The summed E-state index contributed by atoms with van der Waals surface area (Å²) in [6.07, 6.45) is 1.84. The molecule has 0 unspecified atom stereocenters. The van der Waals surface area contributed by atoms with Crippen molar-refractivity contribution in [1.29, 1.82) is 0 Å². The minimum atomic E-state index is -1.03. The van der Waals surface area contributed by atoms with Crippen LogP contribution in [0.2, 0.25) is 0 Å². The summed E-state index contributed by atoms with van der Waals surface area (Å²) < 4.78 is 1.39. The Hall–Kier alpha value is -2.70. The fourth-order valence-corrected chi connectivity index (χ4v) is 2.17. The van der Waals surface area contributed by atoms with E-state index >= 15 is 0 Å². The predicted octanol–water partition coefficient (Wildman–Crippen LogP) is 1.56. The highest BCUT2D eigenvalue weighted by Gasteiger charge is 2.21. The molecule has 2 rings (SSSR count). The van der Waals surface area contributed by atoms with E-state index in [1.807, 2.05) is 44.2 Å². The number of amides is 1. The van der Waals surface area contributed by atoms with Crippen LogP contribution >= 0.6 is 0 Å². The van der Waals surface area contributed by atoms with Crippen LogP contribution in [0.3, 0.4) is 0 Å². The highest BCUT2D eigenvalue weighted by Crippen LogP contribution is 2.12. The zero-order valence-corrected chi connectivity index (χ0v) is 13.1. The second-order valence-corrected chi connectivity index (χ2v) is 5.72. The summed E-state index contributed by atoms with van der Waals surface area (Å²) in [5, 5.41) is 15.9. The Morgan fingerprint density at radius 3 is 2.57 bits per heavy atom. The molecule has 7 nitrogen and oxygen atoms in total. The standard InChI is InChI=1S/C16H20N4O3/c1-11(2)8-13(16(22)23)18-14(21)9-20-10-17-15(19-20)12-6-4-3-5-7-12/h3-7,10-11,13H,8-9H2,1-2H3,(H,18,21)(H,22,23)/t13-/m1/s1. The van der Waals surface area contributed by atoms with Crippen LogP contribution in [-0.4, -0.2) is 37.8 Å². The number of aliphatic carboxylic acids is 1. The normalized spacial score (nSPS) is 12.1. The molecule has 0 bridgehead atoms. The molecule has 1 atom stereocenters. The van der Waals surface area contributed by atoms with E-state index < -0.39 is 17.9 Å². The average molecular weight is 316 g/mol. The number of hydrogen-bond acceptors (Lipinski definition) is 4. The van der Waals surface area contributed by atoms with Gasteiger partial charge in [0.25, 0.3) is 0 Å². The molecule has 2 N–H and O–H groups in total. The molecule has 0 saturated carbocycles. The third-order valence-electron chi connectivity index (χ3n) is 3.21. The monoisotopic (exact) mass is 316 g/mol. The lowest BCUT2D eigenvalue weighted by Gasteiger charge is -2.16. The summed E-state index contributed by atoms with van der Waals surface area (Å²) in [7, 11) is 0. The van der Waals surface area contributed by atoms with Gasteiger partial charge in [-0.3, -0.25) is 4.79 Å². The Morgan fingerprint density at radius 2 is 1.96 bits per heavy atom. The molecule has 0 saturated heterocycles. The van der Waals surface area contributed by atoms with Crippen molar-refractivity contribution in [2.45, 2.75) is 32.9 Å². The first-order valence-corrected chi connectivity index (χ1v) is 7.42. The van der Waals surface area contributed by atoms with Gasteiger partial charge in [0.2, 0.25) is 5.91 Å². The summed E-state index contributed by atoms with van der Waals surface area (Å²) in [4.78, 5) is 27.3. The Labute approximate surface area is 134 Å². The quantitative estimate of drug-likeness (QED) is 0.808. The highest BCUT2D eigenvalue weighted by atomic mass is 16.4. The maximum absolute atomic E-state index is 12.0. The van der Waals surface area contributed by atoms with Gasteiger partial charge < -0.3 is 10.4 Å². The molecule has 7 heteroatoms. The van der Waals surface area contributed by atoms with Gasteiger partial charge in [-0.1, -0.05) is 44.2 Å².